The molecule has 0 heterocycles. The van der Waals surface area contributed by atoms with Crippen molar-refractivity contribution < 1.29 is 0 Å². The first-order chi connectivity index (χ1) is 7.44. The van der Waals surface area contributed by atoms with Gasteiger partial charge in [-0.1, -0.05) is 0 Å². The minimum Gasteiger partial charge on any atom is 2.00 e. The van der Waals surface area contributed by atoms with Crippen molar-refractivity contribution in [1.82, 2.24) is 9.80 Å². The van der Waals surface area contributed by atoms with E-state index in [9.17, 15) is 0 Å². The Morgan fingerprint density at radius 3 is 0.941 bits per heavy atom. The molecule has 0 aliphatic carbocycles. The quantitative estimate of drug-likeness (QED) is 0.417. The first-order valence-electron chi connectivity index (χ1n) is 5.36. The molecule has 0 unspecified atom stereocenters. The third kappa shape index (κ3) is 14.9. The van der Waals surface area contributed by atoms with Gasteiger partial charge in [0.1, 0.15) is 0 Å². The summed E-state index contributed by atoms with van der Waals surface area (Å²) in [4.78, 5) is 4.44. The third-order valence-corrected chi connectivity index (χ3v) is 4.21. The van der Waals surface area contributed by atoms with Crippen LogP contribution in [0.1, 0.15) is 27.7 Å². The zero-order chi connectivity index (χ0) is 13.1. The van der Waals surface area contributed by atoms with E-state index in [1.807, 2.05) is 0 Å². The standard InChI is InChI=1S/2C5H11NSe2.Ca/c2*1-3-6(4-2)5(7)8;/h2*3-4H2,1-2H3,(H,7,8);/q;;+2/p-2. The molecule has 2 nitrogen and oxygen atoms in total. The van der Waals surface area contributed by atoms with Crippen LogP contribution in [-0.2, 0) is 0 Å². The second kappa shape index (κ2) is 16.7. The average molecular weight is 524 g/mol. The number of hydrogen-bond acceptors (Lipinski definition) is 2. The molecule has 0 spiro atoms. The van der Waals surface area contributed by atoms with E-state index in [1.165, 1.54) is 0 Å². The van der Waals surface area contributed by atoms with Crippen molar-refractivity contribution in [3.63, 3.8) is 0 Å². The maximum absolute atomic E-state index is 2.93. The molecule has 0 saturated heterocycles. The van der Waals surface area contributed by atoms with Gasteiger partial charge in [0, 0.05) is 0 Å². The van der Waals surface area contributed by atoms with Gasteiger partial charge in [-0.15, -0.1) is 0 Å². The first kappa shape index (κ1) is 24.7. The van der Waals surface area contributed by atoms with Crippen LogP contribution >= 0.6 is 0 Å². The minimum absolute atomic E-state index is 0. The van der Waals surface area contributed by atoms with Crippen LogP contribution in [-0.4, -0.2) is 144 Å². The van der Waals surface area contributed by atoms with Gasteiger partial charge in [-0.05, 0) is 0 Å². The summed E-state index contributed by atoms with van der Waals surface area (Å²) in [7, 11) is 0. The fourth-order valence-corrected chi connectivity index (χ4v) is 3.13. The van der Waals surface area contributed by atoms with Crippen LogP contribution in [0, 0.1) is 0 Å². The van der Waals surface area contributed by atoms with Gasteiger partial charge in [-0.3, -0.25) is 0 Å². The summed E-state index contributed by atoms with van der Waals surface area (Å²) in [5, 5.41) is 0. The molecule has 0 aromatic rings. The molecule has 0 bridgehead atoms. The summed E-state index contributed by atoms with van der Waals surface area (Å²) in [6.07, 6.45) is 0. The van der Waals surface area contributed by atoms with E-state index in [2.05, 4.69) is 101 Å². The largest absolute Gasteiger partial charge is 2.00 e. The van der Waals surface area contributed by atoms with Gasteiger partial charge >= 0.3 is 171 Å². The van der Waals surface area contributed by atoms with Crippen molar-refractivity contribution >= 4 is 108 Å². The van der Waals surface area contributed by atoms with E-state index in [1.54, 1.807) is 0 Å². The number of nitrogens with zero attached hydrogens (tertiary/aromatic N) is 2. The maximum Gasteiger partial charge on any atom is 2.00 e. The molecule has 0 fully saturated rings. The molecule has 0 rings (SSSR count). The van der Waals surface area contributed by atoms with Gasteiger partial charge in [-0.2, -0.15) is 0 Å². The number of hydrogen-bond donors (Lipinski definition) is 0. The predicted octanol–water partition coefficient (Wildman–Crippen LogP) is -0.876. The zero-order valence-corrected chi connectivity index (χ0v) is 20.1. The van der Waals surface area contributed by atoms with Crippen LogP contribution in [0.4, 0.5) is 0 Å². The Kier molecular flexibility index (Phi) is 24.3. The Balaban J connectivity index is -0.000000218. The van der Waals surface area contributed by atoms with Gasteiger partial charge in [0.25, 0.3) is 0 Å². The smallest absolute Gasteiger partial charge is 2.00 e. The summed E-state index contributed by atoms with van der Waals surface area (Å²) in [5.41, 5.74) is 0. The topological polar surface area (TPSA) is 6.48 Å². The Morgan fingerprint density at radius 2 is 0.941 bits per heavy atom. The molecule has 0 atom stereocenters. The summed E-state index contributed by atoms with van der Waals surface area (Å²) in [5.74, 6) is 0. The third-order valence-electron chi connectivity index (χ3n) is 2.04. The van der Waals surface area contributed by atoms with E-state index in [-0.39, 0.29) is 37.7 Å². The molecule has 0 aromatic carbocycles. The zero-order valence-electron chi connectivity index (χ0n) is 11.1. The van der Waals surface area contributed by atoms with Crippen LogP contribution < -0.4 is 0 Å². The van der Waals surface area contributed by atoms with Crippen molar-refractivity contribution in [3.8, 4) is 0 Å². The fraction of sp³-hybridized carbons (Fsp3) is 0.800. The van der Waals surface area contributed by atoms with E-state index < -0.39 is 0 Å². The van der Waals surface area contributed by atoms with E-state index in [0.29, 0.717) is 0 Å². The van der Waals surface area contributed by atoms with Crippen molar-refractivity contribution in [3.05, 3.63) is 0 Å². The summed E-state index contributed by atoms with van der Waals surface area (Å²) in [6.45, 7) is 12.8. The van der Waals surface area contributed by atoms with Gasteiger partial charge in [0.2, 0.25) is 0 Å². The molecule has 0 aliphatic rings. The van der Waals surface area contributed by atoms with Crippen LogP contribution in [0.15, 0.2) is 0 Å². The Morgan fingerprint density at radius 1 is 0.765 bits per heavy atom. The van der Waals surface area contributed by atoms with Crippen molar-refractivity contribution in [2.75, 3.05) is 26.2 Å². The van der Waals surface area contributed by atoms with Crippen molar-refractivity contribution in [2.45, 2.75) is 27.7 Å². The maximum atomic E-state index is 2.93. The second-order valence-corrected chi connectivity index (χ2v) is 8.74. The van der Waals surface area contributed by atoms with E-state index >= 15 is 0 Å². The Bertz CT molecular complexity index is 184. The fourth-order valence-electron chi connectivity index (χ4n) is 0.964. The normalized spacial score (nSPS) is 8.24. The molecular weight excluding hydrogens is 504 g/mol. The molecule has 0 aromatic heterocycles. The van der Waals surface area contributed by atoms with Gasteiger partial charge in [0.15, 0.2) is 0 Å². The van der Waals surface area contributed by atoms with Crippen molar-refractivity contribution in [1.29, 1.82) is 0 Å². The van der Waals surface area contributed by atoms with Crippen LogP contribution in [0.2, 0.25) is 0 Å². The molecule has 96 valence electrons. The molecule has 7 heteroatoms. The molecule has 0 amide bonds. The minimum atomic E-state index is 0. The molecule has 0 saturated carbocycles. The molecule has 0 radical (unpaired) electrons. The van der Waals surface area contributed by atoms with Crippen LogP contribution in [0.5, 0.6) is 0 Å². The SMILES string of the molecule is CCN(CC)C(=[Se])[Se-].CCN(CC)C(=[Se])[Se-].[Ca+2]. The summed E-state index contributed by atoms with van der Waals surface area (Å²) < 4.78 is 2.32. The summed E-state index contributed by atoms with van der Waals surface area (Å²) in [6, 6.07) is 0. The molecule has 17 heavy (non-hydrogen) atoms. The molecule has 0 aliphatic heterocycles. The van der Waals surface area contributed by atoms with Gasteiger partial charge in [-0.25, -0.2) is 0 Å². The average Bonchev–Trinajstić information content (AvgIpc) is 2.21. The monoisotopic (exact) mass is 528 g/mol. The summed E-state index contributed by atoms with van der Waals surface area (Å²) >= 11 is 11.7. The van der Waals surface area contributed by atoms with Crippen LogP contribution in [0.25, 0.3) is 0 Å². The van der Waals surface area contributed by atoms with Crippen molar-refractivity contribution in [2.24, 2.45) is 0 Å². The number of rotatable bonds is 6. The Hall–Kier alpha value is 2.68. The van der Waals surface area contributed by atoms with Gasteiger partial charge in [0.05, 0.1) is 0 Å². The van der Waals surface area contributed by atoms with Gasteiger partial charge < -0.3 is 0 Å². The van der Waals surface area contributed by atoms with Crippen LogP contribution in [0.3, 0.4) is 0 Å². The second-order valence-electron chi connectivity index (χ2n) is 2.88. The Labute approximate surface area is 169 Å². The van der Waals surface area contributed by atoms with E-state index in [4.69, 9.17) is 0 Å². The predicted molar refractivity (Wildman–Crippen MR) is 84.6 cm³/mol. The molecular formula is C10H20CaN2Se4. The molecule has 0 N–H and O–H groups in total. The first-order valence-corrected chi connectivity index (χ1v) is 8.78. The van der Waals surface area contributed by atoms with E-state index in [0.717, 1.165) is 33.1 Å².